The molecule has 0 saturated heterocycles. The first kappa shape index (κ1) is 83.6. The summed E-state index contributed by atoms with van der Waals surface area (Å²) in [5, 5.41) is 19.2. The maximum Gasteiger partial charge on any atom is 2.00 e. The van der Waals surface area contributed by atoms with Gasteiger partial charge in [0.25, 0.3) is 0 Å². The van der Waals surface area contributed by atoms with E-state index in [4.69, 9.17) is 49.3 Å². The number of aromatic nitrogens is 8. The van der Waals surface area contributed by atoms with E-state index in [9.17, 15) is 19.8 Å². The molecule has 96 heavy (non-hydrogen) atoms. The van der Waals surface area contributed by atoms with Gasteiger partial charge in [-0.1, -0.05) is 121 Å². The number of carbonyl (C=O) groups is 2. The first-order valence-electron chi connectivity index (χ1n) is 33.2. The van der Waals surface area contributed by atoms with Gasteiger partial charge in [0.1, 0.15) is 0 Å². The normalized spacial score (nSPS) is 12.2. The molecule has 10 heterocycles. The minimum atomic E-state index is -0.279. The number of nitrogens with zero attached hydrogens (tertiary/aromatic N) is 8. The Labute approximate surface area is 603 Å². The Morgan fingerprint density at radius 2 is 0.615 bits per heavy atom. The smallest absolute Gasteiger partial charge is 1.00 e. The Balaban J connectivity index is 0.000000448. The van der Waals surface area contributed by atoms with Crippen LogP contribution < -0.4 is 44.7 Å². The van der Waals surface area contributed by atoms with Crippen molar-refractivity contribution in [3.63, 3.8) is 0 Å². The van der Waals surface area contributed by atoms with E-state index in [0.717, 1.165) is 178 Å². The zero-order chi connectivity index (χ0) is 67.1. The molecule has 4 aliphatic heterocycles. The summed E-state index contributed by atoms with van der Waals surface area (Å²) in [5.41, 5.74) is 33.1. The maximum atomic E-state index is 11.4. The third-order valence-electron chi connectivity index (χ3n) is 17.6. The van der Waals surface area contributed by atoms with Gasteiger partial charge >= 0.3 is 45.5 Å². The summed E-state index contributed by atoms with van der Waals surface area (Å²) in [6.07, 6.45) is 13.1. The quantitative estimate of drug-likeness (QED) is 0.0467. The zero-order valence-electron chi connectivity index (χ0n) is 59.6. The third kappa shape index (κ3) is 19.4. The molecule has 518 valence electrons. The van der Waals surface area contributed by atoms with Crippen LogP contribution in [0.5, 0.6) is 0 Å². The molecule has 10 rings (SSSR count). The Morgan fingerprint density at radius 1 is 0.375 bits per heavy atom. The second-order valence-electron chi connectivity index (χ2n) is 24.2. The predicted octanol–water partition coefficient (Wildman–Crippen LogP) is 11.0. The molecule has 0 unspecified atom stereocenters. The number of fused-ring (bicyclic) bond motifs is 16. The molecule has 4 aliphatic rings. The van der Waals surface area contributed by atoms with E-state index in [1.165, 1.54) is 52.8 Å². The number of aliphatic hydroxyl groups is 2. The van der Waals surface area contributed by atoms with Crippen molar-refractivity contribution >= 4 is 101 Å². The molecule has 16 bridgehead atoms. The maximum absolute atomic E-state index is 11.4. The van der Waals surface area contributed by atoms with E-state index < -0.39 is 0 Å². The number of hydrogen-bond acceptors (Lipinski definition) is 10. The van der Waals surface area contributed by atoms with E-state index in [1.807, 2.05) is 40.5 Å². The summed E-state index contributed by atoms with van der Waals surface area (Å²) < 4.78 is 10.5. The van der Waals surface area contributed by atoms with E-state index in [-0.39, 0.29) is 83.5 Å². The van der Waals surface area contributed by atoms with Crippen LogP contribution in [-0.4, -0.2) is 68.5 Å². The average molecular weight is 1430 g/mol. The van der Waals surface area contributed by atoms with Gasteiger partial charge in [0.05, 0.1) is 99.3 Å². The molecule has 6 aromatic heterocycles. The molecule has 0 fully saturated rings. The Morgan fingerprint density at radius 3 is 0.927 bits per heavy atom. The van der Waals surface area contributed by atoms with Gasteiger partial charge in [-0.3, -0.25) is 9.59 Å². The monoisotopic (exact) mass is 1430 g/mol. The molecule has 6 aromatic rings. The minimum Gasteiger partial charge on any atom is -1.00 e. The van der Waals surface area contributed by atoms with Crippen molar-refractivity contribution in [1.82, 2.24) is 39.9 Å². The molecule has 18 heteroatoms. The van der Waals surface area contributed by atoms with Gasteiger partial charge in [0, 0.05) is 27.1 Å². The molecule has 0 saturated carbocycles. The molecule has 0 amide bonds. The fourth-order valence-corrected chi connectivity index (χ4v) is 12.6. The topological polar surface area (TPSA) is 201 Å². The van der Waals surface area contributed by atoms with Crippen LogP contribution in [0.25, 0.3) is 88.7 Å². The minimum absolute atomic E-state index is 0. The molecule has 0 spiro atoms. The summed E-state index contributed by atoms with van der Waals surface area (Å²) in [7, 11) is 0. The van der Waals surface area contributed by atoms with Crippen LogP contribution in [0, 0.1) is 40.5 Å². The first-order valence-corrected chi connectivity index (χ1v) is 33.2. The molecule has 2 N–H and O–H groups in total. The van der Waals surface area contributed by atoms with Crippen molar-refractivity contribution in [2.24, 2.45) is 0 Å². The number of rotatable bonds is 18. The number of halogens is 2. The van der Waals surface area contributed by atoms with Crippen LogP contribution >= 0.6 is 0 Å². The molecule has 2 radical (unpaired) electrons. The Kier molecular flexibility index (Phi) is 34.1. The molecular weight excluding hydrogens is 1330 g/mol. The zero-order valence-corrected chi connectivity index (χ0v) is 63.2. The second-order valence-corrected chi connectivity index (χ2v) is 24.2. The van der Waals surface area contributed by atoms with Crippen molar-refractivity contribution in [3.05, 3.63) is 151 Å². The van der Waals surface area contributed by atoms with Crippen molar-refractivity contribution in [3.8, 4) is 0 Å². The van der Waals surface area contributed by atoms with Gasteiger partial charge in [-0.25, -0.2) is 19.9 Å². The largest absolute Gasteiger partial charge is 2.00 e. The number of aliphatic hydroxyl groups excluding tert-OH is 2. The van der Waals surface area contributed by atoms with Crippen molar-refractivity contribution in [2.75, 3.05) is 26.4 Å². The van der Waals surface area contributed by atoms with E-state index >= 15 is 0 Å². The average Bonchev–Trinajstić information content (AvgIpc) is 1.63. The second kappa shape index (κ2) is 39.1. The Bertz CT molecular complexity index is 4200. The summed E-state index contributed by atoms with van der Waals surface area (Å²) in [5.74, 6) is -0.557. The standard InChI is InChI=1S/C38H44N4O4.C34H40N4O2.2C3H7.2ClH.2Co/c1-9-27-21(3)31-17-32-23(5)29(13-11-15-45-25(7)43)37(41-32)20-38-30(14-12-16-46-26(8)44)24(6)34(42-38)19-36-28(10-2)22(4)33(40-36)18-35(27)39-31;1-7-23-19(3)27-15-28-21(5)25(11-9-13-39)33(37-28)18-34-26(12-10-14-40)22(6)30(38-34)17-32-24(8-2)20(4)29(36-32)16-31(23)35-27;2*1-3-2;;;;/h17-20H,9-16H2,1-8H3;15-18,39-40H,7-14H2,1-6H3;2*3H,1-2H3;2*1H;;/q2*-2;2*+1;;;2*+2/p-2. The first-order chi connectivity index (χ1) is 44.1. The summed E-state index contributed by atoms with van der Waals surface area (Å²) in [6.45, 7) is 37.5. The van der Waals surface area contributed by atoms with E-state index in [0.29, 0.717) is 51.7 Å². The van der Waals surface area contributed by atoms with Gasteiger partial charge in [-0.2, -0.15) is 0 Å². The van der Waals surface area contributed by atoms with Gasteiger partial charge in [-0.05, 0) is 177 Å². The third-order valence-corrected chi connectivity index (χ3v) is 17.6. The van der Waals surface area contributed by atoms with Crippen LogP contribution in [0.4, 0.5) is 0 Å². The van der Waals surface area contributed by atoms with Crippen LogP contribution in [0.2, 0.25) is 0 Å². The SMILES string of the molecule is CCC1=C(C)c2cc3[n-]c(cc4nc(cc5[n-]c(cc1n2)c(C)c5CCCO)C(CCCO)=C4C)c(C)c3CC.CCC1=C(C)c2cc3[n-]c(cc4nc(cc5[n-]c(cc1n2)c(C)c5CCCOC(C)=O)C(CCCOC(C)=O)=C4C)c(C)c3CC.C[CH+]C.C[CH+]C.[Cl-].[Cl-].[Co+2].[Co+2]. The summed E-state index contributed by atoms with van der Waals surface area (Å²) >= 11 is 0. The van der Waals surface area contributed by atoms with Crippen molar-refractivity contribution in [1.29, 1.82) is 0 Å². The van der Waals surface area contributed by atoms with Crippen LogP contribution in [-0.2, 0) is 78.3 Å². The van der Waals surface area contributed by atoms with Crippen LogP contribution in [0.1, 0.15) is 238 Å². The van der Waals surface area contributed by atoms with Gasteiger partial charge < -0.3 is 64.4 Å². The van der Waals surface area contributed by atoms with Crippen molar-refractivity contribution < 1.29 is 87.6 Å². The van der Waals surface area contributed by atoms with Gasteiger partial charge in [-0.15, -0.1) is 44.1 Å². The number of aryl methyl sites for hydroxylation is 8. The molecule has 14 nitrogen and oxygen atoms in total. The number of ether oxygens (including phenoxy) is 2. The van der Waals surface area contributed by atoms with Gasteiger partial charge in [0.15, 0.2) is 0 Å². The predicted molar refractivity (Wildman–Crippen MR) is 380 cm³/mol. The van der Waals surface area contributed by atoms with Crippen LogP contribution in [0.15, 0.2) is 48.5 Å². The fraction of sp³-hybridized carbons (Fsp3) is 0.436. The molecule has 0 aliphatic carbocycles. The number of esters is 2. The molecular formula is C78H98Cl2Co2N8O6. The summed E-state index contributed by atoms with van der Waals surface area (Å²) in [6, 6.07) is 16.9. The molecule has 0 atom stereocenters. The number of allylic oxidation sites excluding steroid dienone is 8. The van der Waals surface area contributed by atoms with Crippen LogP contribution in [0.3, 0.4) is 0 Å². The molecule has 0 aromatic carbocycles. The van der Waals surface area contributed by atoms with E-state index in [1.54, 1.807) is 0 Å². The Hall–Kier alpha value is -6.61. The number of carbonyl (C=O) groups excluding carboxylic acids is 2. The summed E-state index contributed by atoms with van der Waals surface area (Å²) in [4.78, 5) is 63.8. The van der Waals surface area contributed by atoms with Gasteiger partial charge in [0.2, 0.25) is 0 Å². The number of hydrogen-bond donors (Lipinski definition) is 2. The fourth-order valence-electron chi connectivity index (χ4n) is 12.6. The van der Waals surface area contributed by atoms with Crippen molar-refractivity contribution in [2.45, 2.75) is 202 Å². The van der Waals surface area contributed by atoms with E-state index in [2.05, 4.69) is 132 Å².